The monoisotopic (exact) mass is 351 g/mol. The van der Waals surface area contributed by atoms with Crippen molar-refractivity contribution in [2.24, 2.45) is 5.73 Å². The molecular formula is C13H16BrCl2NO. The highest BCUT2D eigenvalue weighted by molar-refractivity contribution is 9.10. The fourth-order valence-corrected chi connectivity index (χ4v) is 1.98. The van der Waals surface area contributed by atoms with Crippen LogP contribution in [0.1, 0.15) is 18.9 Å². The van der Waals surface area contributed by atoms with Gasteiger partial charge in [-0.15, -0.1) is 0 Å². The normalized spacial score (nSPS) is 13.5. The number of nitrogens with two attached hydrogens (primary N) is 1. The second-order valence-electron chi connectivity index (χ2n) is 3.97. The Morgan fingerprint density at radius 3 is 2.89 bits per heavy atom. The molecule has 0 aliphatic carbocycles. The van der Waals surface area contributed by atoms with E-state index in [1.54, 1.807) is 0 Å². The Labute approximate surface area is 126 Å². The topological polar surface area (TPSA) is 35.2 Å². The zero-order valence-corrected chi connectivity index (χ0v) is 13.2. The summed E-state index contributed by atoms with van der Waals surface area (Å²) in [5.74, 6) is 0.791. The summed E-state index contributed by atoms with van der Waals surface area (Å²) < 4.78 is 6.64. The van der Waals surface area contributed by atoms with E-state index >= 15 is 0 Å². The molecule has 0 fully saturated rings. The molecule has 0 saturated heterocycles. The van der Waals surface area contributed by atoms with Crippen molar-refractivity contribution < 1.29 is 4.74 Å². The molecule has 0 heterocycles. The summed E-state index contributed by atoms with van der Waals surface area (Å²) in [7, 11) is 0. The maximum absolute atomic E-state index is 5.98. The van der Waals surface area contributed by atoms with E-state index in [1.165, 1.54) is 5.54 Å². The molecule has 0 aliphatic heterocycles. The summed E-state index contributed by atoms with van der Waals surface area (Å²) in [5, 5.41) is 0.463. The predicted molar refractivity (Wildman–Crippen MR) is 81.4 cm³/mol. The summed E-state index contributed by atoms with van der Waals surface area (Å²) >= 11 is 14.7. The average Bonchev–Trinajstić information content (AvgIpc) is 2.37. The molecule has 0 aliphatic rings. The minimum absolute atomic E-state index is 0.126. The molecule has 5 heteroatoms. The largest absolute Gasteiger partial charge is 0.488 e. The number of ether oxygens (including phenoxy) is 1. The Hall–Kier alpha value is -0.220. The first-order valence-electron chi connectivity index (χ1n) is 5.68. The second kappa shape index (κ2) is 8.05. The number of hydrogen-bond acceptors (Lipinski definition) is 2. The van der Waals surface area contributed by atoms with E-state index in [1.807, 2.05) is 18.2 Å². The molecule has 0 amide bonds. The highest BCUT2D eigenvalue weighted by Crippen LogP contribution is 2.25. The first kappa shape index (κ1) is 15.8. The van der Waals surface area contributed by atoms with Gasteiger partial charge in [0.2, 0.25) is 0 Å². The lowest BCUT2D eigenvalue weighted by Crippen LogP contribution is -2.21. The molecule has 18 heavy (non-hydrogen) atoms. The molecule has 1 aromatic rings. The van der Waals surface area contributed by atoms with E-state index in [-0.39, 0.29) is 12.6 Å². The first-order valence-corrected chi connectivity index (χ1v) is 7.29. The number of benzene rings is 1. The van der Waals surface area contributed by atoms with E-state index in [0.717, 1.165) is 28.6 Å². The molecule has 1 unspecified atom stereocenters. The van der Waals surface area contributed by atoms with Crippen molar-refractivity contribution in [3.8, 4) is 5.75 Å². The average molecular weight is 353 g/mol. The Kier molecular flexibility index (Phi) is 7.08. The lowest BCUT2D eigenvalue weighted by atomic mass is 10.0. The van der Waals surface area contributed by atoms with Crippen LogP contribution in [0.3, 0.4) is 0 Å². The molecule has 0 radical (unpaired) electrons. The van der Waals surface area contributed by atoms with Crippen molar-refractivity contribution in [3.05, 3.63) is 38.8 Å². The van der Waals surface area contributed by atoms with E-state index < -0.39 is 0 Å². The van der Waals surface area contributed by atoms with Crippen molar-refractivity contribution in [2.45, 2.75) is 25.8 Å². The van der Waals surface area contributed by atoms with Crippen molar-refractivity contribution >= 4 is 39.1 Å². The molecule has 1 rings (SSSR count). The first-order chi connectivity index (χ1) is 8.56. The lowest BCUT2D eigenvalue weighted by molar-refractivity contribution is 0.354. The van der Waals surface area contributed by atoms with Gasteiger partial charge in [-0.25, -0.2) is 0 Å². The van der Waals surface area contributed by atoms with Crippen molar-refractivity contribution in [1.82, 2.24) is 0 Å². The van der Waals surface area contributed by atoms with Crippen LogP contribution in [0, 0.1) is 0 Å². The predicted octanol–water partition coefficient (Wildman–Crippen LogP) is 4.43. The molecule has 0 spiro atoms. The molecule has 0 bridgehead atoms. The van der Waals surface area contributed by atoms with Crippen LogP contribution in [0.25, 0.3) is 0 Å². The SMILES string of the molecule is CCC(N)Cc1cc(Br)ccc1OCC(Cl)=CCl. The van der Waals surface area contributed by atoms with Crippen molar-refractivity contribution in [3.63, 3.8) is 0 Å². The van der Waals surface area contributed by atoms with Crippen LogP contribution >= 0.6 is 39.1 Å². The molecule has 2 N–H and O–H groups in total. The maximum Gasteiger partial charge on any atom is 0.125 e. The van der Waals surface area contributed by atoms with Crippen LogP contribution in [0.4, 0.5) is 0 Å². The minimum Gasteiger partial charge on any atom is -0.488 e. The van der Waals surface area contributed by atoms with Crippen molar-refractivity contribution in [1.29, 1.82) is 0 Å². The Morgan fingerprint density at radius 2 is 2.28 bits per heavy atom. The van der Waals surface area contributed by atoms with Crippen LogP contribution in [-0.4, -0.2) is 12.6 Å². The van der Waals surface area contributed by atoms with Gasteiger partial charge in [0.05, 0.1) is 5.03 Å². The summed E-state index contributed by atoms with van der Waals surface area (Å²) in [5.41, 5.74) is 8.35. The molecule has 1 aromatic carbocycles. The van der Waals surface area contributed by atoms with Crippen LogP contribution in [0.2, 0.25) is 0 Å². The highest BCUT2D eigenvalue weighted by atomic mass is 79.9. The Balaban J connectivity index is 2.82. The molecule has 0 saturated carbocycles. The molecule has 100 valence electrons. The fourth-order valence-electron chi connectivity index (χ4n) is 1.45. The third kappa shape index (κ3) is 5.19. The van der Waals surface area contributed by atoms with E-state index in [4.69, 9.17) is 33.7 Å². The minimum atomic E-state index is 0.126. The molecular weight excluding hydrogens is 337 g/mol. The van der Waals surface area contributed by atoms with Gasteiger partial charge in [-0.2, -0.15) is 0 Å². The Morgan fingerprint density at radius 1 is 1.56 bits per heavy atom. The second-order valence-corrected chi connectivity index (χ2v) is 5.59. The van der Waals surface area contributed by atoms with Crippen LogP contribution < -0.4 is 10.5 Å². The van der Waals surface area contributed by atoms with Gasteiger partial charge in [0.25, 0.3) is 0 Å². The van der Waals surface area contributed by atoms with Crippen LogP contribution in [0.5, 0.6) is 5.75 Å². The standard InChI is InChI=1S/C13H16BrCl2NO/c1-2-12(17)6-9-5-10(14)3-4-13(9)18-8-11(16)7-15/h3-5,7,12H,2,6,8,17H2,1H3. The molecule has 1 atom stereocenters. The van der Waals surface area contributed by atoms with Gasteiger partial charge in [0.1, 0.15) is 12.4 Å². The quantitative estimate of drug-likeness (QED) is 0.822. The van der Waals surface area contributed by atoms with Gasteiger partial charge in [-0.1, -0.05) is 46.1 Å². The van der Waals surface area contributed by atoms with E-state index in [2.05, 4.69) is 22.9 Å². The number of hydrogen-bond donors (Lipinski definition) is 1. The van der Waals surface area contributed by atoms with E-state index in [0.29, 0.717) is 5.03 Å². The molecule has 2 nitrogen and oxygen atoms in total. The van der Waals surface area contributed by atoms with E-state index in [9.17, 15) is 0 Å². The fraction of sp³-hybridized carbons (Fsp3) is 0.385. The third-order valence-electron chi connectivity index (χ3n) is 2.51. The highest BCUT2D eigenvalue weighted by Gasteiger charge is 2.09. The van der Waals surface area contributed by atoms with Gasteiger partial charge < -0.3 is 10.5 Å². The number of halogens is 3. The van der Waals surface area contributed by atoms with Gasteiger partial charge in [-0.3, -0.25) is 0 Å². The summed E-state index contributed by atoms with van der Waals surface area (Å²) in [4.78, 5) is 0. The lowest BCUT2D eigenvalue weighted by Gasteiger charge is -2.14. The van der Waals surface area contributed by atoms with Crippen LogP contribution in [-0.2, 0) is 6.42 Å². The zero-order chi connectivity index (χ0) is 13.5. The summed E-state index contributed by atoms with van der Waals surface area (Å²) in [6, 6.07) is 5.97. The van der Waals surface area contributed by atoms with Gasteiger partial charge >= 0.3 is 0 Å². The Bertz CT molecular complexity index is 423. The van der Waals surface area contributed by atoms with Gasteiger partial charge in [0.15, 0.2) is 0 Å². The summed E-state index contributed by atoms with van der Waals surface area (Å²) in [6.07, 6.45) is 1.70. The van der Waals surface area contributed by atoms with Crippen LogP contribution in [0.15, 0.2) is 33.2 Å². The third-order valence-corrected chi connectivity index (χ3v) is 3.60. The van der Waals surface area contributed by atoms with Gasteiger partial charge in [-0.05, 0) is 36.6 Å². The maximum atomic E-state index is 5.98. The zero-order valence-electron chi connectivity index (χ0n) is 10.1. The smallest absolute Gasteiger partial charge is 0.125 e. The number of rotatable bonds is 6. The van der Waals surface area contributed by atoms with Gasteiger partial charge in [0, 0.05) is 16.0 Å². The van der Waals surface area contributed by atoms with Crippen molar-refractivity contribution in [2.75, 3.05) is 6.61 Å². The molecule has 0 aromatic heterocycles. The summed E-state index contributed by atoms with van der Waals surface area (Å²) in [6.45, 7) is 2.33.